The van der Waals surface area contributed by atoms with Crippen molar-refractivity contribution in [3.63, 3.8) is 0 Å². The lowest BCUT2D eigenvalue weighted by Crippen LogP contribution is -2.37. The Kier molecular flexibility index (Phi) is 11.4. The first-order valence-electron chi connectivity index (χ1n) is 27.7. The highest BCUT2D eigenvalue weighted by atomic mass is 32.3. The molecule has 0 unspecified atom stereocenters. The van der Waals surface area contributed by atoms with Gasteiger partial charge in [0.25, 0.3) is 0 Å². The van der Waals surface area contributed by atoms with Crippen molar-refractivity contribution in [2.75, 3.05) is 28.6 Å². The number of hydrogen-bond acceptors (Lipinski definition) is 3. The molecule has 2 aliphatic carbocycles. The van der Waals surface area contributed by atoms with E-state index in [1.807, 2.05) is 0 Å². The average molecular weight is 1050 g/mol. The van der Waals surface area contributed by atoms with Crippen molar-refractivity contribution in [3.05, 3.63) is 240 Å². The Hall–Kier alpha value is -7.57. The normalized spacial score (nSPS) is 13.9. The van der Waals surface area contributed by atoms with Crippen LogP contribution >= 0.6 is 10.0 Å². The van der Waals surface area contributed by atoms with Crippen molar-refractivity contribution in [2.45, 2.75) is 82.3 Å². The molecule has 0 saturated carbocycles. The lowest BCUT2D eigenvalue weighted by molar-refractivity contribution is 0.590. The first-order chi connectivity index (χ1) is 37.2. The zero-order valence-corrected chi connectivity index (χ0v) is 49.2. The summed E-state index contributed by atoms with van der Waals surface area (Å²) in [6, 6.07) is 78.9. The van der Waals surface area contributed by atoms with Crippen molar-refractivity contribution in [1.82, 2.24) is 0 Å². The SMILES string of the molecule is CC(C)(C)c1ccc(N(c2ccc([Si](C)(C)C)cc2)c2cc3c(c4ccccc24)-c2c(cc(N(c4ccc(C(C)(C)C)cc4)c4ccc(S(C)(C)C)cc4)c4c2oc2ccccc24)C32c3ccccc3-c3ccccc32)cc1. The maximum absolute atomic E-state index is 7.53. The molecule has 0 saturated heterocycles. The predicted octanol–water partition coefficient (Wildman–Crippen LogP) is 20.2. The molecule has 1 heterocycles. The molecule has 0 N–H and O–H groups in total. The Morgan fingerprint density at radius 3 is 1.36 bits per heavy atom. The van der Waals surface area contributed by atoms with E-state index in [-0.39, 0.29) is 10.8 Å². The van der Waals surface area contributed by atoms with Crippen LogP contribution in [0, 0.1) is 0 Å². The molecule has 3 nitrogen and oxygen atoms in total. The van der Waals surface area contributed by atoms with Crippen molar-refractivity contribution in [1.29, 1.82) is 0 Å². The largest absolute Gasteiger partial charge is 0.455 e. The van der Waals surface area contributed by atoms with E-state index in [4.69, 9.17) is 4.42 Å². The van der Waals surface area contributed by atoms with E-state index in [1.165, 1.54) is 70.9 Å². The van der Waals surface area contributed by atoms with Gasteiger partial charge >= 0.3 is 0 Å². The molecule has 11 aromatic rings. The minimum atomic E-state index is -1.60. The molecule has 2 aliphatic rings. The standard InChI is InChI=1S/C73H70N2OSSi/c1-71(2,3)47-29-33-49(34-30-47)74(52-39-43-54(44-40-52)78(10,11)12)64-45-62-67(58-24-14-13-23-57(58)64)69-63(73(62)60-26-18-15-21-55(60)56-22-16-19-27-61(56)73)46-65(68-59-25-17-20-28-66(59)76-70(68)69)75(50-35-31-48(32-36-50)72(4,5)6)51-37-41-53(42-38-51)77(7,8)9/h13-46H,1-12H3. The monoisotopic (exact) mass is 1050 g/mol. The van der Waals surface area contributed by atoms with E-state index >= 15 is 0 Å². The number of anilines is 6. The summed E-state index contributed by atoms with van der Waals surface area (Å²) in [7, 11) is -2.58. The third-order valence-electron chi connectivity index (χ3n) is 16.9. The van der Waals surface area contributed by atoms with E-state index in [0.717, 1.165) is 61.6 Å². The molecule has 0 amide bonds. The Bertz CT molecular complexity index is 4000. The Morgan fingerprint density at radius 1 is 0.423 bits per heavy atom. The summed E-state index contributed by atoms with van der Waals surface area (Å²) in [6.45, 7) is 21.1. The van der Waals surface area contributed by atoms with Gasteiger partial charge in [0.15, 0.2) is 0 Å². The van der Waals surface area contributed by atoms with Gasteiger partial charge in [-0.1, -0.05) is 194 Å². The molecule has 0 atom stereocenters. The van der Waals surface area contributed by atoms with Gasteiger partial charge in [0.1, 0.15) is 11.2 Å². The van der Waals surface area contributed by atoms with Gasteiger partial charge in [-0.15, -0.1) is 0 Å². The van der Waals surface area contributed by atoms with E-state index in [9.17, 15) is 0 Å². The first-order valence-corrected chi connectivity index (χ1v) is 34.0. The highest BCUT2D eigenvalue weighted by Crippen LogP contribution is 2.67. The van der Waals surface area contributed by atoms with Crippen LogP contribution < -0.4 is 15.0 Å². The maximum atomic E-state index is 7.53. The maximum Gasteiger partial charge on any atom is 0.145 e. The van der Waals surface area contributed by atoms with Gasteiger partial charge in [0.05, 0.1) is 30.2 Å². The molecule has 5 heteroatoms. The van der Waals surface area contributed by atoms with Gasteiger partial charge in [-0.05, 0) is 169 Å². The first kappa shape index (κ1) is 50.0. The fraction of sp³-hybridized carbons (Fsp3) is 0.205. The van der Waals surface area contributed by atoms with Crippen LogP contribution in [0.3, 0.4) is 0 Å². The van der Waals surface area contributed by atoms with Crippen LogP contribution in [-0.2, 0) is 16.2 Å². The molecule has 0 aliphatic heterocycles. The highest BCUT2D eigenvalue weighted by molar-refractivity contribution is 8.32. The fourth-order valence-electron chi connectivity index (χ4n) is 12.9. The Morgan fingerprint density at radius 2 is 0.846 bits per heavy atom. The van der Waals surface area contributed by atoms with Crippen LogP contribution in [0.5, 0.6) is 0 Å². The van der Waals surface area contributed by atoms with Crippen LogP contribution in [0.15, 0.2) is 216 Å². The van der Waals surface area contributed by atoms with E-state index in [0.29, 0.717) is 0 Å². The smallest absolute Gasteiger partial charge is 0.145 e. The van der Waals surface area contributed by atoms with Crippen LogP contribution in [0.1, 0.15) is 74.9 Å². The van der Waals surface area contributed by atoms with Crippen molar-refractivity contribution in [3.8, 4) is 22.3 Å². The van der Waals surface area contributed by atoms with Gasteiger partial charge in [-0.25, -0.2) is 10.0 Å². The summed E-state index contributed by atoms with van der Waals surface area (Å²) in [5, 5.41) is 6.03. The summed E-state index contributed by atoms with van der Waals surface area (Å²) < 4.78 is 7.53. The second kappa shape index (κ2) is 17.7. The van der Waals surface area contributed by atoms with Crippen LogP contribution in [0.25, 0.3) is 55.0 Å². The summed E-state index contributed by atoms with van der Waals surface area (Å²) in [5.41, 5.74) is 20.3. The van der Waals surface area contributed by atoms with Crippen molar-refractivity contribution < 1.29 is 4.42 Å². The number of furan rings is 1. The van der Waals surface area contributed by atoms with E-state index in [1.54, 1.807) is 0 Å². The van der Waals surface area contributed by atoms with Crippen LogP contribution in [0.4, 0.5) is 34.1 Å². The van der Waals surface area contributed by atoms with Crippen molar-refractivity contribution >= 4 is 90.1 Å². The number of rotatable bonds is 8. The lowest BCUT2D eigenvalue weighted by atomic mass is 9.70. The minimum Gasteiger partial charge on any atom is -0.455 e. The summed E-state index contributed by atoms with van der Waals surface area (Å²) in [6.07, 6.45) is 7.13. The summed E-state index contributed by atoms with van der Waals surface area (Å²) >= 11 is 0. The molecule has 10 aromatic carbocycles. The van der Waals surface area contributed by atoms with Gasteiger partial charge in [-0.3, -0.25) is 0 Å². The zero-order valence-electron chi connectivity index (χ0n) is 47.3. The molecule has 0 fully saturated rings. The van der Waals surface area contributed by atoms with E-state index in [2.05, 4.69) is 296 Å². The number of fused-ring (bicyclic) bond motifs is 16. The fourth-order valence-corrected chi connectivity index (χ4v) is 15.0. The predicted molar refractivity (Wildman–Crippen MR) is 341 cm³/mol. The second-order valence-corrected chi connectivity index (χ2v) is 34.9. The quantitative estimate of drug-likeness (QED) is 0.141. The molecular formula is C73H70N2OSSi. The third kappa shape index (κ3) is 7.74. The van der Waals surface area contributed by atoms with Gasteiger partial charge < -0.3 is 14.2 Å². The topological polar surface area (TPSA) is 19.6 Å². The molecule has 78 heavy (non-hydrogen) atoms. The summed E-state index contributed by atoms with van der Waals surface area (Å²) in [5.74, 6) is 0. The number of benzene rings is 10. The van der Waals surface area contributed by atoms with Crippen LogP contribution in [-0.4, -0.2) is 26.8 Å². The highest BCUT2D eigenvalue weighted by Gasteiger charge is 2.54. The molecule has 388 valence electrons. The Balaban J connectivity index is 1.18. The molecule has 0 radical (unpaired) electrons. The van der Waals surface area contributed by atoms with Crippen LogP contribution in [0.2, 0.25) is 19.6 Å². The molecule has 13 rings (SSSR count). The Labute approximate surface area is 464 Å². The number of hydrogen-bond donors (Lipinski definition) is 0. The summed E-state index contributed by atoms with van der Waals surface area (Å²) in [4.78, 5) is 6.42. The minimum absolute atomic E-state index is 0.00593. The number of nitrogens with zero attached hydrogens (tertiary/aromatic N) is 2. The number of para-hydroxylation sites is 1. The molecule has 1 aromatic heterocycles. The van der Waals surface area contributed by atoms with E-state index < -0.39 is 23.5 Å². The van der Waals surface area contributed by atoms with Crippen molar-refractivity contribution in [2.24, 2.45) is 0 Å². The molecule has 1 spiro atoms. The third-order valence-corrected chi connectivity index (χ3v) is 20.7. The molecular weight excluding hydrogens is 981 g/mol. The van der Waals surface area contributed by atoms with Gasteiger partial charge in [0, 0.05) is 39.1 Å². The molecule has 0 bridgehead atoms. The van der Waals surface area contributed by atoms with Gasteiger partial charge in [-0.2, -0.15) is 0 Å². The zero-order chi connectivity index (χ0) is 54.3. The van der Waals surface area contributed by atoms with Gasteiger partial charge in [0.2, 0.25) is 0 Å². The average Bonchev–Trinajstić information content (AvgIpc) is 2.35. The lowest BCUT2D eigenvalue weighted by Gasteiger charge is -2.34. The second-order valence-electron chi connectivity index (χ2n) is 25.7.